The molecule has 0 fully saturated rings. The van der Waals surface area contributed by atoms with E-state index in [-0.39, 0.29) is 0 Å². The topological polar surface area (TPSA) is 51.8 Å². The molecule has 4 heteroatoms. The van der Waals surface area contributed by atoms with Gasteiger partial charge in [0.15, 0.2) is 0 Å². The summed E-state index contributed by atoms with van der Waals surface area (Å²) in [4.78, 5) is 7.97. The van der Waals surface area contributed by atoms with Crippen molar-refractivity contribution in [2.24, 2.45) is 0 Å². The van der Waals surface area contributed by atoms with Crippen LogP contribution in [0.4, 0.5) is 5.82 Å². The van der Waals surface area contributed by atoms with Crippen molar-refractivity contribution < 1.29 is 0 Å². The molecular formula is C11H10ClN3. The van der Waals surface area contributed by atoms with Gasteiger partial charge < -0.3 is 5.73 Å². The van der Waals surface area contributed by atoms with Gasteiger partial charge in [0.1, 0.15) is 12.1 Å². The number of rotatable bonds is 1. The van der Waals surface area contributed by atoms with Crippen molar-refractivity contribution in [1.29, 1.82) is 0 Å². The first-order valence-electron chi connectivity index (χ1n) is 4.51. The van der Waals surface area contributed by atoms with Gasteiger partial charge in [0, 0.05) is 16.7 Å². The predicted molar refractivity (Wildman–Crippen MR) is 61.6 cm³/mol. The van der Waals surface area contributed by atoms with Crippen LogP contribution in [0, 0.1) is 6.92 Å². The molecular weight excluding hydrogens is 210 g/mol. The first kappa shape index (κ1) is 9.93. The Morgan fingerprint density at radius 3 is 2.67 bits per heavy atom. The fourth-order valence-corrected chi connectivity index (χ4v) is 1.46. The zero-order valence-electron chi connectivity index (χ0n) is 8.24. The van der Waals surface area contributed by atoms with Crippen LogP contribution < -0.4 is 5.73 Å². The summed E-state index contributed by atoms with van der Waals surface area (Å²) in [5.41, 5.74) is 8.35. The first-order valence-corrected chi connectivity index (χ1v) is 4.88. The van der Waals surface area contributed by atoms with Crippen molar-refractivity contribution >= 4 is 17.4 Å². The summed E-state index contributed by atoms with van der Waals surface area (Å²) >= 11 is 6.03. The average Bonchev–Trinajstić information content (AvgIpc) is 2.22. The van der Waals surface area contributed by atoms with Gasteiger partial charge in [-0.3, -0.25) is 0 Å². The highest BCUT2D eigenvalue weighted by Gasteiger charge is 2.02. The molecule has 0 amide bonds. The summed E-state index contributed by atoms with van der Waals surface area (Å²) in [5, 5.41) is 0.727. The molecule has 0 aliphatic heterocycles. The lowest BCUT2D eigenvalue weighted by molar-refractivity contribution is 1.18. The summed E-state index contributed by atoms with van der Waals surface area (Å²) in [6.45, 7) is 1.96. The van der Waals surface area contributed by atoms with Crippen molar-refractivity contribution in [1.82, 2.24) is 9.97 Å². The van der Waals surface area contributed by atoms with Gasteiger partial charge >= 0.3 is 0 Å². The number of nitrogens with two attached hydrogens (primary N) is 1. The van der Waals surface area contributed by atoms with Crippen LogP contribution >= 0.6 is 11.6 Å². The quantitative estimate of drug-likeness (QED) is 0.802. The van der Waals surface area contributed by atoms with E-state index in [0.29, 0.717) is 5.82 Å². The van der Waals surface area contributed by atoms with E-state index in [4.69, 9.17) is 17.3 Å². The van der Waals surface area contributed by atoms with Crippen LogP contribution in [0.25, 0.3) is 11.3 Å². The van der Waals surface area contributed by atoms with E-state index in [2.05, 4.69) is 9.97 Å². The Hall–Kier alpha value is -1.61. The Balaban J connectivity index is 2.50. The molecule has 0 saturated heterocycles. The molecule has 0 radical (unpaired) electrons. The minimum atomic E-state index is 0.455. The smallest absolute Gasteiger partial charge is 0.127 e. The standard InChI is InChI=1S/C11H10ClN3/c1-7-2-3-8(4-9(7)12)10-5-11(13)15-6-14-10/h2-6H,1H3,(H2,13,14,15). The fourth-order valence-electron chi connectivity index (χ4n) is 1.28. The molecule has 0 aliphatic rings. The van der Waals surface area contributed by atoms with Crippen LogP contribution in [-0.2, 0) is 0 Å². The summed E-state index contributed by atoms with van der Waals surface area (Å²) in [6, 6.07) is 7.51. The second-order valence-electron chi connectivity index (χ2n) is 3.29. The van der Waals surface area contributed by atoms with Gasteiger partial charge in [-0.25, -0.2) is 9.97 Å². The van der Waals surface area contributed by atoms with Crippen molar-refractivity contribution in [3.8, 4) is 11.3 Å². The van der Waals surface area contributed by atoms with Gasteiger partial charge in [-0.15, -0.1) is 0 Å². The first-order chi connectivity index (χ1) is 7.16. The van der Waals surface area contributed by atoms with Crippen LogP contribution in [0.5, 0.6) is 0 Å². The van der Waals surface area contributed by atoms with Gasteiger partial charge in [0.2, 0.25) is 0 Å². The van der Waals surface area contributed by atoms with Crippen molar-refractivity contribution in [3.63, 3.8) is 0 Å². The second kappa shape index (κ2) is 3.87. The van der Waals surface area contributed by atoms with Crippen molar-refractivity contribution in [2.45, 2.75) is 6.92 Å². The van der Waals surface area contributed by atoms with Gasteiger partial charge in [-0.1, -0.05) is 23.7 Å². The van der Waals surface area contributed by atoms with E-state index in [1.54, 1.807) is 6.07 Å². The molecule has 0 unspecified atom stereocenters. The largest absolute Gasteiger partial charge is 0.384 e. The highest BCUT2D eigenvalue weighted by Crippen LogP contribution is 2.24. The molecule has 0 spiro atoms. The van der Waals surface area contributed by atoms with Crippen LogP contribution in [0.3, 0.4) is 0 Å². The molecule has 1 aromatic heterocycles. The highest BCUT2D eigenvalue weighted by molar-refractivity contribution is 6.31. The zero-order chi connectivity index (χ0) is 10.8. The lowest BCUT2D eigenvalue weighted by Gasteiger charge is -2.03. The number of aryl methyl sites for hydroxylation is 1. The number of nitrogen functional groups attached to an aromatic ring is 1. The minimum Gasteiger partial charge on any atom is -0.384 e. The summed E-state index contributed by atoms with van der Waals surface area (Å²) in [6.07, 6.45) is 1.44. The van der Waals surface area contributed by atoms with Crippen molar-refractivity contribution in [2.75, 3.05) is 5.73 Å². The SMILES string of the molecule is Cc1ccc(-c2cc(N)ncn2)cc1Cl. The number of aromatic nitrogens is 2. The molecule has 2 rings (SSSR count). The summed E-state index contributed by atoms with van der Waals surface area (Å²) < 4.78 is 0. The zero-order valence-corrected chi connectivity index (χ0v) is 8.99. The maximum absolute atomic E-state index is 6.03. The molecule has 3 nitrogen and oxygen atoms in total. The molecule has 0 aliphatic carbocycles. The van der Waals surface area contributed by atoms with Gasteiger partial charge in [0.25, 0.3) is 0 Å². The van der Waals surface area contributed by atoms with E-state index in [1.807, 2.05) is 25.1 Å². The lowest BCUT2D eigenvalue weighted by Crippen LogP contribution is -1.92. The van der Waals surface area contributed by atoms with Crippen molar-refractivity contribution in [3.05, 3.63) is 41.2 Å². The van der Waals surface area contributed by atoms with Gasteiger partial charge in [-0.2, -0.15) is 0 Å². The lowest BCUT2D eigenvalue weighted by atomic mass is 10.1. The molecule has 1 aromatic carbocycles. The maximum Gasteiger partial charge on any atom is 0.127 e. The molecule has 76 valence electrons. The number of anilines is 1. The van der Waals surface area contributed by atoms with E-state index < -0.39 is 0 Å². The third-order valence-corrected chi connectivity index (χ3v) is 2.56. The molecule has 0 saturated carbocycles. The third kappa shape index (κ3) is 2.07. The Morgan fingerprint density at radius 1 is 1.20 bits per heavy atom. The number of benzene rings is 1. The second-order valence-corrected chi connectivity index (χ2v) is 3.70. The normalized spacial score (nSPS) is 10.3. The molecule has 2 N–H and O–H groups in total. The van der Waals surface area contributed by atoms with Crippen LogP contribution in [0.1, 0.15) is 5.56 Å². The number of hydrogen-bond acceptors (Lipinski definition) is 3. The molecule has 0 atom stereocenters. The highest BCUT2D eigenvalue weighted by atomic mass is 35.5. The maximum atomic E-state index is 6.03. The molecule has 2 aromatic rings. The number of halogens is 1. The minimum absolute atomic E-state index is 0.455. The Bertz CT molecular complexity index is 497. The third-order valence-electron chi connectivity index (χ3n) is 2.16. The van der Waals surface area contributed by atoms with E-state index in [9.17, 15) is 0 Å². The summed E-state index contributed by atoms with van der Waals surface area (Å²) in [5.74, 6) is 0.455. The Kier molecular flexibility index (Phi) is 2.56. The monoisotopic (exact) mass is 219 g/mol. The summed E-state index contributed by atoms with van der Waals surface area (Å²) in [7, 11) is 0. The molecule has 15 heavy (non-hydrogen) atoms. The Labute approximate surface area is 92.9 Å². The van der Waals surface area contributed by atoms with E-state index in [0.717, 1.165) is 21.8 Å². The van der Waals surface area contributed by atoms with E-state index in [1.165, 1.54) is 6.33 Å². The molecule has 0 bridgehead atoms. The number of nitrogens with zero attached hydrogens (tertiary/aromatic N) is 2. The van der Waals surface area contributed by atoms with Gasteiger partial charge in [-0.05, 0) is 18.6 Å². The Morgan fingerprint density at radius 2 is 2.00 bits per heavy atom. The molecule has 1 heterocycles. The fraction of sp³-hybridized carbons (Fsp3) is 0.0909. The van der Waals surface area contributed by atoms with Gasteiger partial charge in [0.05, 0.1) is 5.69 Å². The average molecular weight is 220 g/mol. The predicted octanol–water partition coefficient (Wildman–Crippen LogP) is 2.69. The van der Waals surface area contributed by atoms with Crippen LogP contribution in [0.15, 0.2) is 30.6 Å². The van der Waals surface area contributed by atoms with E-state index >= 15 is 0 Å². The number of hydrogen-bond donors (Lipinski definition) is 1. The van der Waals surface area contributed by atoms with Crippen LogP contribution in [0.2, 0.25) is 5.02 Å². The van der Waals surface area contributed by atoms with Crippen LogP contribution in [-0.4, -0.2) is 9.97 Å².